The molecule has 2 heterocycles. The normalized spacial score (nSPS) is 23.7. The van der Waals surface area contributed by atoms with Crippen molar-refractivity contribution in [3.05, 3.63) is 35.6 Å². The topological polar surface area (TPSA) is 43.9 Å². The largest absolute Gasteiger partial charge is 0.339 e. The molecule has 1 saturated carbocycles. The molecule has 0 radical (unpaired) electrons. The third kappa shape index (κ3) is 4.49. The van der Waals surface area contributed by atoms with Gasteiger partial charge in [0, 0.05) is 38.1 Å². The van der Waals surface area contributed by atoms with Gasteiger partial charge in [0.15, 0.2) is 0 Å². The smallest absolute Gasteiger partial charge is 0.236 e. The summed E-state index contributed by atoms with van der Waals surface area (Å²) in [6, 6.07) is 7.06. The van der Waals surface area contributed by atoms with E-state index in [1.165, 1.54) is 6.07 Å². The van der Waals surface area contributed by atoms with Gasteiger partial charge in [-0.25, -0.2) is 4.39 Å². The first-order chi connectivity index (χ1) is 13.1. The first-order valence-electron chi connectivity index (χ1n) is 10.2. The van der Waals surface area contributed by atoms with E-state index >= 15 is 0 Å². The Labute approximate surface area is 160 Å². The molecule has 3 aliphatic rings. The summed E-state index contributed by atoms with van der Waals surface area (Å²) in [5, 5.41) is 0. The summed E-state index contributed by atoms with van der Waals surface area (Å²) in [6.45, 7) is 3.95. The quantitative estimate of drug-likeness (QED) is 0.792. The Morgan fingerprint density at radius 1 is 1.00 bits per heavy atom. The number of carbonyl (C=O) groups excluding carboxylic acids is 2. The average Bonchev–Trinajstić information content (AvgIpc) is 3.44. The van der Waals surface area contributed by atoms with Crippen molar-refractivity contribution in [3.8, 4) is 0 Å². The molecule has 27 heavy (non-hydrogen) atoms. The van der Waals surface area contributed by atoms with Crippen LogP contribution in [-0.2, 0) is 16.0 Å². The van der Waals surface area contributed by atoms with Gasteiger partial charge in [-0.3, -0.25) is 14.5 Å². The zero-order chi connectivity index (χ0) is 18.8. The molecule has 0 bridgehead atoms. The number of piperazine rings is 1. The highest BCUT2D eigenvalue weighted by atomic mass is 19.1. The molecule has 4 rings (SSSR count). The van der Waals surface area contributed by atoms with Crippen molar-refractivity contribution < 1.29 is 14.0 Å². The molecule has 3 fully saturated rings. The molecule has 2 amide bonds. The lowest BCUT2D eigenvalue weighted by molar-refractivity contribution is -0.141. The number of likely N-dealkylation sites (tertiary alicyclic amines) is 1. The molecule has 5 nitrogen and oxygen atoms in total. The Balaban J connectivity index is 1.27. The second-order valence-electron chi connectivity index (χ2n) is 8.08. The third-order valence-electron chi connectivity index (χ3n) is 6.07. The van der Waals surface area contributed by atoms with Gasteiger partial charge in [-0.1, -0.05) is 12.1 Å². The van der Waals surface area contributed by atoms with Crippen LogP contribution in [0.2, 0.25) is 0 Å². The number of amides is 2. The van der Waals surface area contributed by atoms with Crippen LogP contribution in [0.25, 0.3) is 0 Å². The molecule has 6 heteroatoms. The van der Waals surface area contributed by atoms with Crippen molar-refractivity contribution in [2.24, 2.45) is 5.92 Å². The maximum atomic E-state index is 13.4. The molecule has 1 aromatic rings. The van der Waals surface area contributed by atoms with Crippen LogP contribution >= 0.6 is 0 Å². The molecule has 1 unspecified atom stereocenters. The highest BCUT2D eigenvalue weighted by molar-refractivity contribution is 5.82. The van der Waals surface area contributed by atoms with Crippen molar-refractivity contribution in [3.63, 3.8) is 0 Å². The lowest BCUT2D eigenvalue weighted by Crippen LogP contribution is -2.53. The lowest BCUT2D eigenvalue weighted by Gasteiger charge is -2.36. The van der Waals surface area contributed by atoms with Gasteiger partial charge in [0.1, 0.15) is 5.82 Å². The van der Waals surface area contributed by atoms with Crippen LogP contribution in [0.15, 0.2) is 24.3 Å². The minimum absolute atomic E-state index is 0.152. The monoisotopic (exact) mass is 373 g/mol. The second-order valence-corrected chi connectivity index (χ2v) is 8.08. The zero-order valence-electron chi connectivity index (χ0n) is 15.8. The maximum Gasteiger partial charge on any atom is 0.236 e. The Bertz CT molecular complexity index is 698. The van der Waals surface area contributed by atoms with Crippen LogP contribution in [0.5, 0.6) is 0 Å². The minimum atomic E-state index is -0.202. The minimum Gasteiger partial charge on any atom is -0.339 e. The van der Waals surface area contributed by atoms with E-state index in [4.69, 9.17) is 0 Å². The highest BCUT2D eigenvalue weighted by Gasteiger charge is 2.35. The Hall–Kier alpha value is -1.95. The van der Waals surface area contributed by atoms with E-state index in [1.54, 1.807) is 12.1 Å². The molecule has 0 spiro atoms. The Morgan fingerprint density at radius 3 is 2.44 bits per heavy atom. The van der Waals surface area contributed by atoms with Crippen molar-refractivity contribution in [1.29, 1.82) is 0 Å². The predicted molar refractivity (Wildman–Crippen MR) is 101 cm³/mol. The first kappa shape index (κ1) is 18.4. The van der Waals surface area contributed by atoms with E-state index < -0.39 is 0 Å². The lowest BCUT2D eigenvalue weighted by atomic mass is 10.0. The summed E-state index contributed by atoms with van der Waals surface area (Å²) in [6.07, 6.45) is 4.97. The zero-order valence-corrected chi connectivity index (χ0v) is 15.8. The Morgan fingerprint density at radius 2 is 1.74 bits per heavy atom. The van der Waals surface area contributed by atoms with Crippen LogP contribution in [-0.4, -0.2) is 71.8 Å². The van der Waals surface area contributed by atoms with E-state index in [9.17, 15) is 14.0 Å². The van der Waals surface area contributed by atoms with Crippen LogP contribution in [0.4, 0.5) is 4.39 Å². The fourth-order valence-electron chi connectivity index (χ4n) is 4.31. The van der Waals surface area contributed by atoms with Crippen molar-refractivity contribution in [2.75, 3.05) is 39.3 Å². The number of halogens is 1. The van der Waals surface area contributed by atoms with E-state index in [0.29, 0.717) is 38.8 Å². The maximum absolute atomic E-state index is 13.4. The third-order valence-corrected chi connectivity index (χ3v) is 6.07. The molecule has 1 aliphatic carbocycles. The molecule has 2 aliphatic heterocycles. The average molecular weight is 373 g/mol. The van der Waals surface area contributed by atoms with Crippen molar-refractivity contribution >= 4 is 11.8 Å². The van der Waals surface area contributed by atoms with Gasteiger partial charge in [-0.05, 0) is 56.3 Å². The molecule has 0 aromatic heterocycles. The predicted octanol–water partition coefficient (Wildman–Crippen LogP) is 1.91. The van der Waals surface area contributed by atoms with Crippen molar-refractivity contribution in [2.45, 2.75) is 38.1 Å². The number of benzene rings is 1. The number of carbonyl (C=O) groups is 2. The standard InChI is InChI=1S/C21H28FN3O2/c22-18-4-1-3-16(13-18)14-19-5-2-8-25(19)15-20(26)23-9-11-24(12-10-23)21(27)17-6-7-17/h1,3-4,13,17,19H,2,5-12,14-15H2. The first-order valence-corrected chi connectivity index (χ1v) is 10.2. The van der Waals surface area contributed by atoms with Gasteiger partial charge in [-0.2, -0.15) is 0 Å². The molecular formula is C21H28FN3O2. The van der Waals surface area contributed by atoms with Crippen LogP contribution in [0, 0.1) is 11.7 Å². The second kappa shape index (κ2) is 7.97. The number of hydrogen-bond donors (Lipinski definition) is 0. The van der Waals surface area contributed by atoms with Crippen LogP contribution < -0.4 is 0 Å². The van der Waals surface area contributed by atoms with Crippen molar-refractivity contribution in [1.82, 2.24) is 14.7 Å². The van der Waals surface area contributed by atoms with Gasteiger partial charge < -0.3 is 9.80 Å². The molecule has 146 valence electrons. The summed E-state index contributed by atoms with van der Waals surface area (Å²) < 4.78 is 13.4. The number of rotatable bonds is 5. The number of hydrogen-bond acceptors (Lipinski definition) is 3. The fraction of sp³-hybridized carbons (Fsp3) is 0.619. The van der Waals surface area contributed by atoms with E-state index in [1.807, 2.05) is 15.9 Å². The van der Waals surface area contributed by atoms with E-state index in [0.717, 1.165) is 44.2 Å². The van der Waals surface area contributed by atoms with Gasteiger partial charge >= 0.3 is 0 Å². The van der Waals surface area contributed by atoms with Gasteiger partial charge in [0.25, 0.3) is 0 Å². The van der Waals surface area contributed by atoms with E-state index in [-0.39, 0.29) is 23.5 Å². The summed E-state index contributed by atoms with van der Waals surface area (Å²) in [4.78, 5) is 31.0. The molecule has 2 saturated heterocycles. The molecule has 1 aromatic carbocycles. The van der Waals surface area contributed by atoms with Gasteiger partial charge in [0.05, 0.1) is 6.54 Å². The van der Waals surface area contributed by atoms with Crippen LogP contribution in [0.3, 0.4) is 0 Å². The molecule has 0 N–H and O–H groups in total. The summed E-state index contributed by atoms with van der Waals surface area (Å²) in [5.74, 6) is 0.476. The number of nitrogens with zero attached hydrogens (tertiary/aromatic N) is 3. The van der Waals surface area contributed by atoms with Gasteiger partial charge in [-0.15, -0.1) is 0 Å². The summed E-state index contributed by atoms with van der Waals surface area (Å²) >= 11 is 0. The van der Waals surface area contributed by atoms with Crippen LogP contribution in [0.1, 0.15) is 31.2 Å². The SMILES string of the molecule is O=C(CN1CCCC1Cc1cccc(F)c1)N1CCN(C(=O)C2CC2)CC1. The fourth-order valence-corrected chi connectivity index (χ4v) is 4.31. The molecular weight excluding hydrogens is 345 g/mol. The molecule has 1 atom stereocenters. The van der Waals surface area contributed by atoms with Gasteiger partial charge in [0.2, 0.25) is 11.8 Å². The highest BCUT2D eigenvalue weighted by Crippen LogP contribution is 2.31. The summed E-state index contributed by atoms with van der Waals surface area (Å²) in [5.41, 5.74) is 0.992. The Kier molecular flexibility index (Phi) is 5.43. The summed E-state index contributed by atoms with van der Waals surface area (Å²) in [7, 11) is 0. The van der Waals surface area contributed by atoms with E-state index in [2.05, 4.69) is 4.90 Å².